The number of nitrogens with one attached hydrogen (secondary N) is 1. The lowest BCUT2D eigenvalue weighted by Gasteiger charge is -2.08. The second-order valence-electron chi connectivity index (χ2n) is 6.76. The SMILES string of the molecule is Cc1ccc(S(=O)(=O)NCCc2csc3nc(-c4ccc(Cl)cc4)nn23)cc1C. The summed E-state index contributed by atoms with van der Waals surface area (Å²) in [6.45, 7) is 4.13. The predicted molar refractivity (Wildman–Crippen MR) is 116 cm³/mol. The van der Waals surface area contributed by atoms with E-state index in [0.29, 0.717) is 17.3 Å². The van der Waals surface area contributed by atoms with Gasteiger partial charge in [-0.1, -0.05) is 17.7 Å². The van der Waals surface area contributed by atoms with E-state index in [-0.39, 0.29) is 11.4 Å². The molecule has 150 valence electrons. The van der Waals surface area contributed by atoms with Gasteiger partial charge in [0, 0.05) is 28.9 Å². The van der Waals surface area contributed by atoms with Crippen LogP contribution in [-0.2, 0) is 16.4 Å². The van der Waals surface area contributed by atoms with Gasteiger partial charge in [-0.15, -0.1) is 16.4 Å². The van der Waals surface area contributed by atoms with Gasteiger partial charge in [0.2, 0.25) is 15.0 Å². The molecular formula is C20H19ClN4O2S2. The second-order valence-corrected chi connectivity index (χ2v) is 9.80. The first-order chi connectivity index (χ1) is 13.8. The van der Waals surface area contributed by atoms with Crippen LogP contribution in [-0.4, -0.2) is 29.6 Å². The Balaban J connectivity index is 1.48. The Morgan fingerprint density at radius 2 is 1.86 bits per heavy atom. The molecule has 0 fully saturated rings. The van der Waals surface area contributed by atoms with Crippen LogP contribution in [0, 0.1) is 13.8 Å². The predicted octanol–water partition coefficient (Wildman–Crippen LogP) is 4.25. The molecule has 0 unspecified atom stereocenters. The number of aryl methyl sites for hydroxylation is 2. The van der Waals surface area contributed by atoms with Crippen molar-refractivity contribution < 1.29 is 8.42 Å². The number of thiazole rings is 1. The van der Waals surface area contributed by atoms with Crippen LogP contribution in [0.3, 0.4) is 0 Å². The van der Waals surface area contributed by atoms with Crippen LogP contribution in [0.15, 0.2) is 52.7 Å². The lowest BCUT2D eigenvalue weighted by Crippen LogP contribution is -2.26. The molecule has 1 N–H and O–H groups in total. The summed E-state index contributed by atoms with van der Waals surface area (Å²) in [4.78, 5) is 5.59. The molecule has 2 aromatic carbocycles. The molecule has 0 aliphatic heterocycles. The molecule has 0 aliphatic carbocycles. The van der Waals surface area contributed by atoms with E-state index in [1.165, 1.54) is 11.3 Å². The summed E-state index contributed by atoms with van der Waals surface area (Å²) in [6, 6.07) is 12.5. The van der Waals surface area contributed by atoms with Crippen LogP contribution >= 0.6 is 22.9 Å². The summed E-state index contributed by atoms with van der Waals surface area (Å²) >= 11 is 7.41. The minimum absolute atomic E-state index is 0.275. The standard InChI is InChI=1S/C20H19ClN4O2S2/c1-13-3-8-18(11-14(13)2)29(26,27)22-10-9-17-12-28-20-23-19(24-25(17)20)15-4-6-16(21)7-5-15/h3-8,11-12,22H,9-10H2,1-2H3. The largest absolute Gasteiger partial charge is 0.240 e. The Morgan fingerprint density at radius 3 is 2.59 bits per heavy atom. The molecule has 0 atom stereocenters. The summed E-state index contributed by atoms with van der Waals surface area (Å²) in [5.74, 6) is 0.616. The van der Waals surface area contributed by atoms with Crippen LogP contribution in [0.5, 0.6) is 0 Å². The zero-order chi connectivity index (χ0) is 20.6. The third kappa shape index (κ3) is 4.20. The van der Waals surface area contributed by atoms with Crippen LogP contribution in [0.4, 0.5) is 0 Å². The van der Waals surface area contributed by atoms with Crippen LogP contribution in [0.25, 0.3) is 16.3 Å². The number of sulfonamides is 1. The fraction of sp³-hybridized carbons (Fsp3) is 0.200. The maximum atomic E-state index is 12.6. The zero-order valence-electron chi connectivity index (χ0n) is 15.9. The van der Waals surface area contributed by atoms with Gasteiger partial charge >= 0.3 is 0 Å². The Hall–Kier alpha value is -2.26. The van der Waals surface area contributed by atoms with Gasteiger partial charge in [-0.3, -0.25) is 0 Å². The van der Waals surface area contributed by atoms with Crippen LogP contribution < -0.4 is 4.72 Å². The minimum atomic E-state index is -3.55. The molecule has 4 rings (SSSR count). The molecule has 0 aliphatic rings. The monoisotopic (exact) mass is 446 g/mol. The molecule has 29 heavy (non-hydrogen) atoms. The molecule has 2 heterocycles. The molecule has 0 amide bonds. The highest BCUT2D eigenvalue weighted by Crippen LogP contribution is 2.22. The molecular weight excluding hydrogens is 428 g/mol. The first kappa shape index (κ1) is 20.0. The average Bonchev–Trinajstić information content (AvgIpc) is 3.26. The number of nitrogens with zero attached hydrogens (tertiary/aromatic N) is 3. The normalized spacial score (nSPS) is 12.0. The Bertz CT molecular complexity index is 1280. The highest BCUT2D eigenvalue weighted by atomic mass is 35.5. The zero-order valence-corrected chi connectivity index (χ0v) is 18.3. The van der Waals surface area contributed by atoms with Crippen molar-refractivity contribution in [3.63, 3.8) is 0 Å². The number of benzene rings is 2. The lowest BCUT2D eigenvalue weighted by atomic mass is 10.1. The highest BCUT2D eigenvalue weighted by Gasteiger charge is 2.16. The van der Waals surface area contributed by atoms with Crippen molar-refractivity contribution in [1.82, 2.24) is 19.3 Å². The van der Waals surface area contributed by atoms with Crippen molar-refractivity contribution in [2.75, 3.05) is 6.54 Å². The first-order valence-electron chi connectivity index (χ1n) is 8.99. The van der Waals surface area contributed by atoms with Crippen molar-refractivity contribution in [1.29, 1.82) is 0 Å². The van der Waals surface area contributed by atoms with Gasteiger partial charge in [-0.25, -0.2) is 17.7 Å². The van der Waals surface area contributed by atoms with Crippen molar-refractivity contribution in [3.05, 3.63) is 69.7 Å². The number of aromatic nitrogens is 3. The number of fused-ring (bicyclic) bond motifs is 1. The van der Waals surface area contributed by atoms with E-state index < -0.39 is 10.0 Å². The van der Waals surface area contributed by atoms with Crippen molar-refractivity contribution >= 4 is 37.9 Å². The summed E-state index contributed by atoms with van der Waals surface area (Å²) in [7, 11) is -3.55. The van der Waals surface area contributed by atoms with E-state index in [0.717, 1.165) is 27.3 Å². The summed E-state index contributed by atoms with van der Waals surface area (Å²) in [5, 5.41) is 7.17. The Labute approximate surface area is 178 Å². The van der Waals surface area contributed by atoms with Crippen LogP contribution in [0.1, 0.15) is 16.8 Å². The fourth-order valence-electron chi connectivity index (χ4n) is 2.90. The molecule has 4 aromatic rings. The highest BCUT2D eigenvalue weighted by molar-refractivity contribution is 7.89. The van der Waals surface area contributed by atoms with Crippen molar-refractivity contribution in [3.8, 4) is 11.4 Å². The van der Waals surface area contributed by atoms with E-state index in [9.17, 15) is 8.42 Å². The van der Waals surface area contributed by atoms with E-state index in [4.69, 9.17) is 11.6 Å². The fourth-order valence-corrected chi connectivity index (χ4v) is 4.99. The number of hydrogen-bond acceptors (Lipinski definition) is 5. The van der Waals surface area contributed by atoms with E-state index in [2.05, 4.69) is 14.8 Å². The third-order valence-corrected chi connectivity index (χ3v) is 7.29. The summed E-state index contributed by atoms with van der Waals surface area (Å²) in [5.41, 5.74) is 3.80. The van der Waals surface area contributed by atoms with E-state index in [1.54, 1.807) is 28.8 Å². The van der Waals surface area contributed by atoms with Gasteiger partial charge in [-0.05, 0) is 61.4 Å². The number of hydrogen-bond donors (Lipinski definition) is 1. The van der Waals surface area contributed by atoms with Gasteiger partial charge in [0.1, 0.15) is 0 Å². The third-order valence-electron chi connectivity index (χ3n) is 4.71. The smallest absolute Gasteiger partial charge is 0.211 e. The van der Waals surface area contributed by atoms with Gasteiger partial charge in [0.05, 0.1) is 10.6 Å². The lowest BCUT2D eigenvalue weighted by molar-refractivity contribution is 0.581. The van der Waals surface area contributed by atoms with Gasteiger partial charge < -0.3 is 0 Å². The Kier molecular flexibility index (Phi) is 5.44. The quantitative estimate of drug-likeness (QED) is 0.480. The molecule has 0 saturated carbocycles. The molecule has 0 saturated heterocycles. The maximum absolute atomic E-state index is 12.6. The number of rotatable bonds is 6. The minimum Gasteiger partial charge on any atom is -0.211 e. The maximum Gasteiger partial charge on any atom is 0.240 e. The molecule has 0 bridgehead atoms. The first-order valence-corrected chi connectivity index (χ1v) is 11.7. The Morgan fingerprint density at radius 1 is 1.10 bits per heavy atom. The molecule has 9 heteroatoms. The second kappa shape index (κ2) is 7.87. The van der Waals surface area contributed by atoms with E-state index >= 15 is 0 Å². The molecule has 0 spiro atoms. The van der Waals surface area contributed by atoms with Gasteiger partial charge in [-0.2, -0.15) is 4.98 Å². The molecule has 2 aromatic heterocycles. The van der Waals surface area contributed by atoms with Gasteiger partial charge in [0.25, 0.3) is 0 Å². The molecule has 0 radical (unpaired) electrons. The molecule has 6 nitrogen and oxygen atoms in total. The summed E-state index contributed by atoms with van der Waals surface area (Å²) in [6.07, 6.45) is 0.507. The van der Waals surface area contributed by atoms with Crippen LogP contribution in [0.2, 0.25) is 5.02 Å². The number of halogens is 1. The van der Waals surface area contributed by atoms with Crippen molar-refractivity contribution in [2.24, 2.45) is 0 Å². The van der Waals surface area contributed by atoms with E-state index in [1.807, 2.05) is 37.4 Å². The van der Waals surface area contributed by atoms with Gasteiger partial charge in [0.15, 0.2) is 5.82 Å². The average molecular weight is 447 g/mol. The van der Waals surface area contributed by atoms with Crippen molar-refractivity contribution in [2.45, 2.75) is 25.2 Å². The topological polar surface area (TPSA) is 76.4 Å². The summed E-state index contributed by atoms with van der Waals surface area (Å²) < 4.78 is 29.5.